The first-order valence-corrected chi connectivity index (χ1v) is 10.7. The molecule has 144 valence electrons. The van der Waals surface area contributed by atoms with Gasteiger partial charge in [0, 0.05) is 6.54 Å². The molecule has 27 heavy (non-hydrogen) atoms. The van der Waals surface area contributed by atoms with Crippen LogP contribution >= 0.6 is 11.6 Å². The number of carbonyl (C=O) groups excluding carboxylic acids is 1. The quantitative estimate of drug-likeness (QED) is 0.701. The van der Waals surface area contributed by atoms with Crippen molar-refractivity contribution >= 4 is 27.6 Å². The Morgan fingerprint density at radius 3 is 2.44 bits per heavy atom. The average Bonchev–Trinajstić information content (AvgIpc) is 2.68. The SMILES string of the molecule is CCOC(=O)C1CCC(c2ccccc2)N(S(=O)(=O)c2ccccc2Cl)C1. The van der Waals surface area contributed by atoms with E-state index in [9.17, 15) is 13.2 Å². The maximum absolute atomic E-state index is 13.4. The van der Waals surface area contributed by atoms with Gasteiger partial charge in [-0.3, -0.25) is 4.79 Å². The van der Waals surface area contributed by atoms with Crippen LogP contribution in [0.4, 0.5) is 0 Å². The molecule has 3 rings (SSSR count). The number of sulfonamides is 1. The minimum atomic E-state index is -3.88. The van der Waals surface area contributed by atoms with Crippen LogP contribution in [0.3, 0.4) is 0 Å². The Balaban J connectivity index is 2.01. The van der Waals surface area contributed by atoms with Gasteiger partial charge in [0.1, 0.15) is 4.90 Å². The normalized spacial score (nSPS) is 21.0. The molecule has 1 fully saturated rings. The van der Waals surface area contributed by atoms with E-state index < -0.39 is 15.9 Å². The molecule has 1 saturated heterocycles. The molecule has 2 unspecified atom stereocenters. The summed E-state index contributed by atoms with van der Waals surface area (Å²) in [5.74, 6) is -0.842. The molecule has 0 saturated carbocycles. The van der Waals surface area contributed by atoms with E-state index >= 15 is 0 Å². The molecule has 0 aliphatic carbocycles. The lowest BCUT2D eigenvalue weighted by atomic mass is 9.91. The Morgan fingerprint density at radius 2 is 1.78 bits per heavy atom. The molecule has 0 amide bonds. The molecule has 0 radical (unpaired) electrons. The lowest BCUT2D eigenvalue weighted by Gasteiger charge is -2.38. The van der Waals surface area contributed by atoms with Crippen molar-refractivity contribution in [3.8, 4) is 0 Å². The van der Waals surface area contributed by atoms with Gasteiger partial charge in [-0.1, -0.05) is 54.1 Å². The van der Waals surface area contributed by atoms with E-state index in [1.54, 1.807) is 25.1 Å². The van der Waals surface area contributed by atoms with Gasteiger partial charge >= 0.3 is 5.97 Å². The van der Waals surface area contributed by atoms with Crippen LogP contribution in [0.15, 0.2) is 59.5 Å². The van der Waals surface area contributed by atoms with E-state index in [1.807, 2.05) is 30.3 Å². The van der Waals surface area contributed by atoms with Gasteiger partial charge < -0.3 is 4.74 Å². The van der Waals surface area contributed by atoms with Crippen LogP contribution in [0, 0.1) is 5.92 Å². The molecule has 2 aromatic rings. The number of hydrogen-bond donors (Lipinski definition) is 0. The molecule has 7 heteroatoms. The van der Waals surface area contributed by atoms with Crippen molar-refractivity contribution < 1.29 is 17.9 Å². The summed E-state index contributed by atoms with van der Waals surface area (Å²) in [5.41, 5.74) is 0.899. The predicted octanol–water partition coefficient (Wildman–Crippen LogP) is 4.05. The Hall–Kier alpha value is -1.89. The van der Waals surface area contributed by atoms with Gasteiger partial charge in [0.05, 0.1) is 23.6 Å². The zero-order valence-corrected chi connectivity index (χ0v) is 16.6. The monoisotopic (exact) mass is 407 g/mol. The number of carbonyl (C=O) groups is 1. The van der Waals surface area contributed by atoms with Crippen molar-refractivity contribution in [3.63, 3.8) is 0 Å². The van der Waals surface area contributed by atoms with E-state index in [4.69, 9.17) is 16.3 Å². The second kappa shape index (κ2) is 8.42. The first-order valence-electron chi connectivity index (χ1n) is 8.93. The van der Waals surface area contributed by atoms with Crippen molar-refractivity contribution in [1.82, 2.24) is 4.31 Å². The summed E-state index contributed by atoms with van der Waals surface area (Å²) in [6.07, 6.45) is 1.12. The molecule has 5 nitrogen and oxygen atoms in total. The number of rotatable bonds is 5. The van der Waals surface area contributed by atoms with Crippen LogP contribution < -0.4 is 0 Å². The standard InChI is InChI=1S/C20H22ClNO4S/c1-2-26-20(23)16-12-13-18(15-8-4-3-5-9-15)22(14-16)27(24,25)19-11-7-6-10-17(19)21/h3-11,16,18H,2,12-14H2,1H3. The molecule has 1 aliphatic heterocycles. The Labute approximate surface area is 165 Å². The molecule has 2 aromatic carbocycles. The fourth-order valence-corrected chi connectivity index (χ4v) is 5.63. The predicted molar refractivity (Wildman–Crippen MR) is 104 cm³/mol. The first-order chi connectivity index (χ1) is 12.9. The summed E-state index contributed by atoms with van der Waals surface area (Å²) in [7, 11) is -3.88. The molecule has 0 aromatic heterocycles. The molecule has 0 bridgehead atoms. The van der Waals surface area contributed by atoms with E-state index in [1.165, 1.54) is 10.4 Å². The van der Waals surface area contributed by atoms with Crippen molar-refractivity contribution in [2.24, 2.45) is 5.92 Å². The van der Waals surface area contributed by atoms with Crippen LogP contribution in [-0.2, 0) is 19.6 Å². The maximum atomic E-state index is 13.4. The first kappa shape index (κ1) is 19.9. The molecule has 1 aliphatic rings. The molecular weight excluding hydrogens is 386 g/mol. The number of ether oxygens (including phenoxy) is 1. The third kappa shape index (κ3) is 4.18. The number of piperidine rings is 1. The van der Waals surface area contributed by atoms with Gasteiger partial charge in [0.2, 0.25) is 10.0 Å². The van der Waals surface area contributed by atoms with E-state index in [0.29, 0.717) is 12.8 Å². The molecular formula is C20H22ClNO4S. The summed E-state index contributed by atoms with van der Waals surface area (Å²) >= 11 is 6.17. The zero-order valence-electron chi connectivity index (χ0n) is 15.0. The highest BCUT2D eigenvalue weighted by molar-refractivity contribution is 7.89. The molecule has 0 spiro atoms. The molecule has 0 N–H and O–H groups in total. The van der Waals surface area contributed by atoms with Gasteiger partial charge in [0.15, 0.2) is 0 Å². The number of esters is 1. The highest BCUT2D eigenvalue weighted by Gasteiger charge is 2.41. The Kier molecular flexibility index (Phi) is 6.19. The van der Waals surface area contributed by atoms with E-state index in [0.717, 1.165) is 5.56 Å². The average molecular weight is 408 g/mol. The number of hydrogen-bond acceptors (Lipinski definition) is 4. The van der Waals surface area contributed by atoms with Crippen LogP contribution in [0.25, 0.3) is 0 Å². The highest BCUT2D eigenvalue weighted by Crippen LogP contribution is 2.39. The fourth-order valence-electron chi connectivity index (χ4n) is 3.45. The van der Waals surface area contributed by atoms with Gasteiger partial charge in [-0.05, 0) is 37.5 Å². The number of nitrogens with zero attached hydrogens (tertiary/aromatic N) is 1. The zero-order chi connectivity index (χ0) is 19.4. The summed E-state index contributed by atoms with van der Waals surface area (Å²) in [5, 5.41) is 0.169. The van der Waals surface area contributed by atoms with Crippen LogP contribution in [0.5, 0.6) is 0 Å². The number of benzene rings is 2. The van der Waals surface area contributed by atoms with Crippen LogP contribution in [0.1, 0.15) is 31.4 Å². The van der Waals surface area contributed by atoms with Gasteiger partial charge in [-0.15, -0.1) is 0 Å². The highest BCUT2D eigenvalue weighted by atomic mass is 35.5. The summed E-state index contributed by atoms with van der Waals surface area (Å²) in [6, 6.07) is 15.5. The van der Waals surface area contributed by atoms with Gasteiger partial charge in [0.25, 0.3) is 0 Å². The molecule has 1 heterocycles. The van der Waals surface area contributed by atoms with Crippen molar-refractivity contribution in [2.45, 2.75) is 30.7 Å². The largest absolute Gasteiger partial charge is 0.466 e. The lowest BCUT2D eigenvalue weighted by molar-refractivity contribution is -0.149. The fraction of sp³-hybridized carbons (Fsp3) is 0.350. The summed E-state index contributed by atoms with van der Waals surface area (Å²) < 4.78 is 33.3. The molecule has 2 atom stereocenters. The van der Waals surface area contributed by atoms with Gasteiger partial charge in [-0.2, -0.15) is 4.31 Å². The summed E-state index contributed by atoms with van der Waals surface area (Å²) in [4.78, 5) is 12.3. The summed E-state index contributed by atoms with van der Waals surface area (Å²) in [6.45, 7) is 2.09. The topological polar surface area (TPSA) is 63.7 Å². The van der Waals surface area contributed by atoms with Gasteiger partial charge in [-0.25, -0.2) is 8.42 Å². The minimum Gasteiger partial charge on any atom is -0.466 e. The van der Waals surface area contributed by atoms with E-state index in [2.05, 4.69) is 0 Å². The van der Waals surface area contributed by atoms with Crippen molar-refractivity contribution in [1.29, 1.82) is 0 Å². The third-order valence-corrected chi connectivity index (χ3v) is 7.14. The Morgan fingerprint density at radius 1 is 1.11 bits per heavy atom. The van der Waals surface area contributed by atoms with Crippen molar-refractivity contribution in [3.05, 3.63) is 65.2 Å². The number of halogens is 1. The van der Waals surface area contributed by atoms with Crippen LogP contribution in [-0.4, -0.2) is 31.8 Å². The lowest BCUT2D eigenvalue weighted by Crippen LogP contribution is -2.44. The third-order valence-electron chi connectivity index (χ3n) is 4.76. The van der Waals surface area contributed by atoms with Crippen molar-refractivity contribution in [2.75, 3.05) is 13.2 Å². The van der Waals surface area contributed by atoms with Crippen LogP contribution in [0.2, 0.25) is 5.02 Å². The minimum absolute atomic E-state index is 0.0529. The smallest absolute Gasteiger partial charge is 0.310 e. The Bertz CT molecular complexity index is 901. The van der Waals surface area contributed by atoms with E-state index in [-0.39, 0.29) is 35.1 Å². The second-order valence-corrected chi connectivity index (χ2v) is 8.72. The second-order valence-electron chi connectivity index (χ2n) is 6.46. The maximum Gasteiger partial charge on any atom is 0.310 e.